The lowest BCUT2D eigenvalue weighted by Gasteiger charge is -2.17. The van der Waals surface area contributed by atoms with Crippen molar-refractivity contribution >= 4 is 51.5 Å². The van der Waals surface area contributed by atoms with Crippen LogP contribution in [0.5, 0.6) is 0 Å². The first-order valence-corrected chi connectivity index (χ1v) is 12.1. The first-order valence-electron chi connectivity index (χ1n) is 10.1. The molecular weight excluding hydrogens is 452 g/mol. The van der Waals surface area contributed by atoms with Gasteiger partial charge in [0.05, 0.1) is 0 Å². The van der Waals surface area contributed by atoms with Gasteiger partial charge in [-0.25, -0.2) is 4.79 Å². The second-order valence-electron chi connectivity index (χ2n) is 7.75. The summed E-state index contributed by atoms with van der Waals surface area (Å²) < 4.78 is 0. The van der Waals surface area contributed by atoms with E-state index < -0.39 is 35.0 Å². The van der Waals surface area contributed by atoms with Gasteiger partial charge >= 0.3 is 5.97 Å². The maximum absolute atomic E-state index is 12.5. The number of aliphatic carboxylic acids is 1. The summed E-state index contributed by atoms with van der Waals surface area (Å²) >= 11 is 1.63. The number of benzene rings is 1. The monoisotopic (exact) mass is 482 g/mol. The Hall–Kier alpha value is -2.33. The first-order chi connectivity index (χ1) is 15.0. The Morgan fingerprint density at radius 2 is 1.34 bits per heavy atom. The van der Waals surface area contributed by atoms with Crippen molar-refractivity contribution in [3.05, 3.63) is 35.4 Å². The quantitative estimate of drug-likeness (QED) is 0.413. The molecule has 3 N–H and O–H groups in total. The second-order valence-corrected chi connectivity index (χ2v) is 9.85. The van der Waals surface area contributed by atoms with Crippen LogP contribution < -0.4 is 10.6 Å². The Morgan fingerprint density at radius 1 is 0.844 bits per heavy atom. The van der Waals surface area contributed by atoms with Crippen LogP contribution in [-0.4, -0.2) is 56.7 Å². The summed E-state index contributed by atoms with van der Waals surface area (Å²) in [6.07, 6.45) is 1.16. The van der Waals surface area contributed by atoms with Gasteiger partial charge in [-0.3, -0.25) is 19.2 Å². The molecular formula is C22H30N2O6S2. The number of nitrogens with one attached hydrogen (secondary N) is 2. The van der Waals surface area contributed by atoms with E-state index in [1.54, 1.807) is 0 Å². The summed E-state index contributed by atoms with van der Waals surface area (Å²) in [6.45, 7) is 6.72. The van der Waals surface area contributed by atoms with Gasteiger partial charge in [0.1, 0.15) is 12.1 Å². The van der Waals surface area contributed by atoms with Gasteiger partial charge in [0, 0.05) is 31.8 Å². The second kappa shape index (κ2) is 13.9. The van der Waals surface area contributed by atoms with Crippen molar-refractivity contribution in [2.45, 2.75) is 52.6 Å². The maximum Gasteiger partial charge on any atom is 0.327 e. The van der Waals surface area contributed by atoms with Crippen molar-refractivity contribution < 1.29 is 29.1 Å². The van der Waals surface area contributed by atoms with Gasteiger partial charge in [0.25, 0.3) is 0 Å². The van der Waals surface area contributed by atoms with E-state index in [0.29, 0.717) is 17.7 Å². The predicted molar refractivity (Wildman–Crippen MR) is 126 cm³/mol. The van der Waals surface area contributed by atoms with Gasteiger partial charge < -0.3 is 15.7 Å². The van der Waals surface area contributed by atoms with Crippen molar-refractivity contribution in [2.75, 3.05) is 11.5 Å². The zero-order chi connectivity index (χ0) is 24.3. The summed E-state index contributed by atoms with van der Waals surface area (Å²) in [5, 5.41) is 13.3. The Kier molecular flexibility index (Phi) is 12.1. The lowest BCUT2D eigenvalue weighted by molar-refractivity contribution is -0.140. The summed E-state index contributed by atoms with van der Waals surface area (Å²) in [5.41, 5.74) is 2.07. The molecule has 8 nitrogen and oxygen atoms in total. The standard InChI is InChI=1S/C22H30N2O6S2/c1-13(2)9-16-5-7-17(8-6-16)10-20(27)31-12-19(24-15(4)26)22(30)32-11-18(21(28)29)23-14(3)25/h5-8,13,18-19H,9-12H2,1-4H3,(H,23,25)(H,24,26)(H,28,29). The number of hydrogen-bond acceptors (Lipinski definition) is 7. The SMILES string of the molecule is CC(=O)NC(CSC(=O)C(CSC(=O)Cc1ccc(CC(C)C)cc1)NC(C)=O)C(=O)O. The zero-order valence-electron chi connectivity index (χ0n) is 18.7. The molecule has 0 aliphatic rings. The summed E-state index contributed by atoms with van der Waals surface area (Å²) in [7, 11) is 0. The Balaban J connectivity index is 2.63. The fourth-order valence-electron chi connectivity index (χ4n) is 2.76. The lowest BCUT2D eigenvalue weighted by atomic mass is 10.0. The third kappa shape index (κ3) is 11.3. The highest BCUT2D eigenvalue weighted by atomic mass is 32.2. The topological polar surface area (TPSA) is 130 Å². The highest BCUT2D eigenvalue weighted by Crippen LogP contribution is 2.17. The van der Waals surface area contributed by atoms with E-state index in [4.69, 9.17) is 5.11 Å². The molecule has 0 bridgehead atoms. The molecule has 32 heavy (non-hydrogen) atoms. The number of carbonyl (C=O) groups excluding carboxylic acids is 4. The number of carbonyl (C=O) groups is 5. The van der Waals surface area contributed by atoms with Gasteiger partial charge in [0.15, 0.2) is 5.12 Å². The maximum atomic E-state index is 12.5. The van der Waals surface area contributed by atoms with E-state index in [-0.39, 0.29) is 23.0 Å². The smallest absolute Gasteiger partial charge is 0.327 e. The molecule has 0 aliphatic carbocycles. The highest BCUT2D eigenvalue weighted by Gasteiger charge is 2.25. The van der Waals surface area contributed by atoms with Gasteiger partial charge in [-0.05, 0) is 23.5 Å². The minimum atomic E-state index is -1.26. The normalized spacial score (nSPS) is 12.7. The van der Waals surface area contributed by atoms with E-state index in [1.807, 2.05) is 24.3 Å². The summed E-state index contributed by atoms with van der Waals surface area (Å²) in [6, 6.07) is 5.65. The predicted octanol–water partition coefficient (Wildman–Crippen LogP) is 2.04. The molecule has 0 spiro atoms. The average molecular weight is 483 g/mol. The Morgan fingerprint density at radius 3 is 1.84 bits per heavy atom. The molecule has 2 unspecified atom stereocenters. The fraction of sp³-hybridized carbons (Fsp3) is 0.500. The molecule has 0 saturated heterocycles. The third-order valence-electron chi connectivity index (χ3n) is 4.16. The average Bonchev–Trinajstić information content (AvgIpc) is 2.68. The van der Waals surface area contributed by atoms with Crippen LogP contribution in [0.3, 0.4) is 0 Å². The van der Waals surface area contributed by atoms with E-state index >= 15 is 0 Å². The molecule has 0 saturated carbocycles. The number of amides is 2. The van der Waals surface area contributed by atoms with Crippen LogP contribution in [0.25, 0.3) is 0 Å². The number of carboxylic acids is 1. The van der Waals surface area contributed by atoms with Gasteiger partial charge in [-0.15, -0.1) is 0 Å². The molecule has 0 heterocycles. The van der Waals surface area contributed by atoms with Crippen molar-refractivity contribution in [1.82, 2.24) is 10.6 Å². The lowest BCUT2D eigenvalue weighted by Crippen LogP contribution is -2.44. The van der Waals surface area contributed by atoms with Gasteiger partial charge in [-0.1, -0.05) is 61.6 Å². The van der Waals surface area contributed by atoms with Gasteiger partial charge in [-0.2, -0.15) is 0 Å². The number of rotatable bonds is 12. The molecule has 1 aromatic rings. The molecule has 1 aromatic carbocycles. The van der Waals surface area contributed by atoms with E-state index in [2.05, 4.69) is 24.5 Å². The minimum Gasteiger partial charge on any atom is -0.480 e. The number of carboxylic acid groups (broad SMARTS) is 1. The van der Waals surface area contributed by atoms with Crippen LogP contribution in [0.2, 0.25) is 0 Å². The number of thioether (sulfide) groups is 2. The fourth-order valence-corrected chi connectivity index (χ4v) is 4.62. The van der Waals surface area contributed by atoms with Crippen LogP contribution >= 0.6 is 23.5 Å². The van der Waals surface area contributed by atoms with E-state index in [1.165, 1.54) is 19.4 Å². The first kappa shape index (κ1) is 27.7. The molecule has 2 atom stereocenters. The molecule has 10 heteroatoms. The molecule has 0 fully saturated rings. The Bertz CT molecular complexity index is 826. The van der Waals surface area contributed by atoms with Crippen molar-refractivity contribution in [3.63, 3.8) is 0 Å². The molecule has 1 rings (SSSR count). The van der Waals surface area contributed by atoms with Crippen LogP contribution in [0.4, 0.5) is 0 Å². The summed E-state index contributed by atoms with van der Waals surface area (Å²) in [4.78, 5) is 58.7. The van der Waals surface area contributed by atoms with Crippen LogP contribution in [0, 0.1) is 5.92 Å². The third-order valence-corrected chi connectivity index (χ3v) is 6.19. The van der Waals surface area contributed by atoms with Crippen LogP contribution in [-0.2, 0) is 36.8 Å². The molecule has 0 radical (unpaired) electrons. The highest BCUT2D eigenvalue weighted by molar-refractivity contribution is 8.15. The Labute approximate surface area is 196 Å². The molecule has 176 valence electrons. The zero-order valence-corrected chi connectivity index (χ0v) is 20.3. The van der Waals surface area contributed by atoms with Crippen molar-refractivity contribution in [3.8, 4) is 0 Å². The largest absolute Gasteiger partial charge is 0.480 e. The van der Waals surface area contributed by atoms with Crippen LogP contribution in [0.15, 0.2) is 24.3 Å². The molecule has 2 amide bonds. The van der Waals surface area contributed by atoms with Crippen molar-refractivity contribution in [1.29, 1.82) is 0 Å². The van der Waals surface area contributed by atoms with Crippen molar-refractivity contribution in [2.24, 2.45) is 5.92 Å². The minimum absolute atomic E-state index is 0.0353. The van der Waals surface area contributed by atoms with Gasteiger partial charge in [0.2, 0.25) is 16.9 Å². The van der Waals surface area contributed by atoms with E-state index in [0.717, 1.165) is 23.7 Å². The number of hydrogen-bond donors (Lipinski definition) is 3. The molecule has 0 aliphatic heterocycles. The summed E-state index contributed by atoms with van der Waals surface area (Å²) in [5.74, 6) is -1.83. The van der Waals surface area contributed by atoms with Crippen LogP contribution in [0.1, 0.15) is 38.8 Å². The van der Waals surface area contributed by atoms with E-state index in [9.17, 15) is 24.0 Å². The molecule has 0 aromatic heterocycles.